The van der Waals surface area contributed by atoms with E-state index in [1.165, 1.54) is 0 Å². The number of nitrogens with one attached hydrogen (secondary N) is 1. The van der Waals surface area contributed by atoms with E-state index < -0.39 is 0 Å². The summed E-state index contributed by atoms with van der Waals surface area (Å²) in [6.07, 6.45) is 5.54. The SMILES string of the molecule is CCOC(=O)c1cnc2[nH]ccc2c1N(C)[C@@H]1CC[C@@H](O)C1. The van der Waals surface area contributed by atoms with Crippen molar-refractivity contribution in [3.63, 3.8) is 0 Å². The Hall–Kier alpha value is -2.08. The molecule has 0 saturated heterocycles. The number of aromatic amines is 1. The first-order valence-electron chi connectivity index (χ1n) is 7.66. The van der Waals surface area contributed by atoms with E-state index in [4.69, 9.17) is 4.74 Å². The predicted octanol–water partition coefficient (Wildman–Crippen LogP) is 2.09. The molecule has 6 nitrogen and oxygen atoms in total. The van der Waals surface area contributed by atoms with Gasteiger partial charge in [0.25, 0.3) is 0 Å². The second-order valence-corrected chi connectivity index (χ2v) is 5.71. The van der Waals surface area contributed by atoms with Gasteiger partial charge in [0, 0.05) is 30.9 Å². The molecular formula is C16H21N3O3. The summed E-state index contributed by atoms with van der Waals surface area (Å²) >= 11 is 0. The molecule has 0 bridgehead atoms. The Labute approximate surface area is 129 Å². The molecule has 1 aliphatic rings. The Bertz CT molecular complexity index is 682. The van der Waals surface area contributed by atoms with Crippen molar-refractivity contribution < 1.29 is 14.6 Å². The van der Waals surface area contributed by atoms with Crippen LogP contribution in [-0.4, -0.2) is 46.8 Å². The quantitative estimate of drug-likeness (QED) is 0.846. The number of esters is 1. The maximum absolute atomic E-state index is 12.3. The first-order valence-corrected chi connectivity index (χ1v) is 7.66. The van der Waals surface area contributed by atoms with Crippen LogP contribution in [-0.2, 0) is 4.74 Å². The third-order valence-corrected chi connectivity index (χ3v) is 4.33. The van der Waals surface area contributed by atoms with Crippen LogP contribution in [0, 0.1) is 0 Å². The van der Waals surface area contributed by atoms with E-state index in [0.29, 0.717) is 18.6 Å². The Morgan fingerprint density at radius 3 is 3.05 bits per heavy atom. The largest absolute Gasteiger partial charge is 0.462 e. The van der Waals surface area contributed by atoms with Crippen LogP contribution in [0.15, 0.2) is 18.5 Å². The van der Waals surface area contributed by atoms with Gasteiger partial charge in [-0.3, -0.25) is 0 Å². The molecule has 1 saturated carbocycles. The maximum Gasteiger partial charge on any atom is 0.341 e. The minimum absolute atomic E-state index is 0.212. The third-order valence-electron chi connectivity index (χ3n) is 4.33. The molecule has 2 aromatic heterocycles. The number of ether oxygens (including phenoxy) is 1. The lowest BCUT2D eigenvalue weighted by molar-refractivity contribution is 0.0527. The van der Waals surface area contributed by atoms with E-state index in [1.807, 2.05) is 19.3 Å². The first-order chi connectivity index (χ1) is 10.6. The molecule has 1 aliphatic carbocycles. The molecule has 0 unspecified atom stereocenters. The molecule has 6 heteroatoms. The fraction of sp³-hybridized carbons (Fsp3) is 0.500. The monoisotopic (exact) mass is 303 g/mol. The number of carbonyl (C=O) groups is 1. The number of aliphatic hydroxyl groups is 1. The lowest BCUT2D eigenvalue weighted by Gasteiger charge is -2.28. The van der Waals surface area contributed by atoms with Crippen molar-refractivity contribution in [2.45, 2.75) is 38.3 Å². The van der Waals surface area contributed by atoms with E-state index in [1.54, 1.807) is 13.1 Å². The zero-order chi connectivity index (χ0) is 15.7. The number of hydrogen-bond donors (Lipinski definition) is 2. The van der Waals surface area contributed by atoms with Gasteiger partial charge in [-0.05, 0) is 32.3 Å². The van der Waals surface area contributed by atoms with Crippen molar-refractivity contribution in [1.82, 2.24) is 9.97 Å². The smallest absolute Gasteiger partial charge is 0.341 e. The van der Waals surface area contributed by atoms with Gasteiger partial charge in [0.2, 0.25) is 0 Å². The molecule has 0 radical (unpaired) electrons. The van der Waals surface area contributed by atoms with Crippen molar-refractivity contribution >= 4 is 22.7 Å². The number of fused-ring (bicyclic) bond motifs is 1. The van der Waals surface area contributed by atoms with Crippen LogP contribution in [0.1, 0.15) is 36.5 Å². The van der Waals surface area contributed by atoms with E-state index in [2.05, 4.69) is 14.9 Å². The Kier molecular flexibility index (Phi) is 4.02. The molecule has 118 valence electrons. The summed E-state index contributed by atoms with van der Waals surface area (Å²) in [5, 5.41) is 10.7. The summed E-state index contributed by atoms with van der Waals surface area (Å²) in [6.45, 7) is 2.12. The molecule has 2 N–H and O–H groups in total. The number of nitrogens with zero attached hydrogens (tertiary/aromatic N) is 2. The van der Waals surface area contributed by atoms with E-state index in [0.717, 1.165) is 29.6 Å². The van der Waals surface area contributed by atoms with Crippen molar-refractivity contribution in [1.29, 1.82) is 0 Å². The minimum atomic E-state index is -0.363. The van der Waals surface area contributed by atoms with Crippen LogP contribution in [0.3, 0.4) is 0 Å². The highest BCUT2D eigenvalue weighted by Gasteiger charge is 2.30. The number of anilines is 1. The molecule has 2 heterocycles. The lowest BCUT2D eigenvalue weighted by Crippen LogP contribution is -2.31. The number of carbonyl (C=O) groups excluding carboxylic acids is 1. The van der Waals surface area contributed by atoms with Crippen LogP contribution in [0.2, 0.25) is 0 Å². The topological polar surface area (TPSA) is 78.5 Å². The van der Waals surface area contributed by atoms with Crippen LogP contribution in [0.5, 0.6) is 0 Å². The Morgan fingerprint density at radius 1 is 1.55 bits per heavy atom. The summed E-state index contributed by atoms with van der Waals surface area (Å²) in [7, 11) is 1.97. The lowest BCUT2D eigenvalue weighted by atomic mass is 10.1. The summed E-state index contributed by atoms with van der Waals surface area (Å²) in [5.41, 5.74) is 2.04. The average Bonchev–Trinajstić information content (AvgIpc) is 3.14. The molecule has 0 aliphatic heterocycles. The first kappa shape index (κ1) is 14.8. The van der Waals surface area contributed by atoms with Crippen molar-refractivity contribution in [2.75, 3.05) is 18.6 Å². The summed E-state index contributed by atoms with van der Waals surface area (Å²) < 4.78 is 5.16. The van der Waals surface area contributed by atoms with Crippen LogP contribution < -0.4 is 4.90 Å². The molecule has 0 aromatic carbocycles. The van der Waals surface area contributed by atoms with Gasteiger partial charge < -0.3 is 19.7 Å². The molecule has 22 heavy (non-hydrogen) atoms. The zero-order valence-corrected chi connectivity index (χ0v) is 12.9. The average molecular weight is 303 g/mol. The number of aliphatic hydroxyl groups excluding tert-OH is 1. The highest BCUT2D eigenvalue weighted by Crippen LogP contribution is 2.34. The van der Waals surface area contributed by atoms with Crippen LogP contribution in [0.25, 0.3) is 11.0 Å². The highest BCUT2D eigenvalue weighted by molar-refractivity contribution is 6.04. The van der Waals surface area contributed by atoms with Gasteiger partial charge in [0.05, 0.1) is 18.4 Å². The van der Waals surface area contributed by atoms with Gasteiger partial charge in [-0.25, -0.2) is 9.78 Å². The van der Waals surface area contributed by atoms with Gasteiger partial charge in [-0.2, -0.15) is 0 Å². The molecule has 0 amide bonds. The molecule has 2 aromatic rings. The number of hydrogen-bond acceptors (Lipinski definition) is 5. The normalized spacial score (nSPS) is 21.2. The summed E-state index contributed by atoms with van der Waals surface area (Å²) in [4.78, 5) is 21.7. The number of aromatic nitrogens is 2. The molecule has 2 atom stereocenters. The molecular weight excluding hydrogens is 282 g/mol. The van der Waals surface area contributed by atoms with Crippen LogP contribution in [0.4, 0.5) is 5.69 Å². The van der Waals surface area contributed by atoms with Gasteiger partial charge in [-0.1, -0.05) is 0 Å². The van der Waals surface area contributed by atoms with Gasteiger partial charge in [0.15, 0.2) is 0 Å². The molecule has 1 fully saturated rings. The van der Waals surface area contributed by atoms with E-state index in [9.17, 15) is 9.90 Å². The predicted molar refractivity (Wildman–Crippen MR) is 84.1 cm³/mol. The molecule has 0 spiro atoms. The van der Waals surface area contributed by atoms with Gasteiger partial charge in [0.1, 0.15) is 11.2 Å². The number of H-pyrrole nitrogens is 1. The second-order valence-electron chi connectivity index (χ2n) is 5.71. The number of pyridine rings is 1. The summed E-state index contributed by atoms with van der Waals surface area (Å²) in [6, 6.07) is 2.13. The van der Waals surface area contributed by atoms with Gasteiger partial charge >= 0.3 is 5.97 Å². The second kappa shape index (κ2) is 5.96. The highest BCUT2D eigenvalue weighted by atomic mass is 16.5. The minimum Gasteiger partial charge on any atom is -0.462 e. The van der Waals surface area contributed by atoms with Crippen molar-refractivity contribution in [2.24, 2.45) is 0 Å². The standard InChI is InChI=1S/C16H21N3O3/c1-3-22-16(21)13-9-18-15-12(6-7-17-15)14(13)19(2)10-4-5-11(20)8-10/h6-7,9-11,20H,3-5,8H2,1-2H3,(H,17,18)/t10-,11-/m1/s1. The number of rotatable bonds is 4. The third kappa shape index (κ3) is 2.54. The van der Waals surface area contributed by atoms with Gasteiger partial charge in [-0.15, -0.1) is 0 Å². The fourth-order valence-electron chi connectivity index (χ4n) is 3.20. The van der Waals surface area contributed by atoms with E-state index >= 15 is 0 Å². The Balaban J connectivity index is 2.06. The van der Waals surface area contributed by atoms with E-state index in [-0.39, 0.29) is 18.1 Å². The van der Waals surface area contributed by atoms with Crippen molar-refractivity contribution in [3.8, 4) is 0 Å². The maximum atomic E-state index is 12.3. The summed E-state index contributed by atoms with van der Waals surface area (Å²) in [5.74, 6) is -0.363. The molecule has 3 rings (SSSR count). The van der Waals surface area contributed by atoms with Crippen LogP contribution >= 0.6 is 0 Å². The zero-order valence-electron chi connectivity index (χ0n) is 12.9. The van der Waals surface area contributed by atoms with Crippen molar-refractivity contribution in [3.05, 3.63) is 24.0 Å². The Morgan fingerprint density at radius 2 is 2.36 bits per heavy atom. The fourth-order valence-corrected chi connectivity index (χ4v) is 3.20.